The Morgan fingerprint density at radius 2 is 1.68 bits per heavy atom. The second-order valence-electron chi connectivity index (χ2n) is 7.98. The van der Waals surface area contributed by atoms with Crippen LogP contribution in [0.3, 0.4) is 0 Å². The Hall–Kier alpha value is -2.82. The quantitative estimate of drug-likeness (QED) is 0.571. The van der Waals surface area contributed by atoms with Gasteiger partial charge in [-0.25, -0.2) is 0 Å². The number of nitrogens with one attached hydrogen (secondary N) is 1. The summed E-state index contributed by atoms with van der Waals surface area (Å²) in [5.74, 6) is 0.332. The molecule has 0 aliphatic rings. The minimum absolute atomic E-state index is 0.0605. The predicted molar refractivity (Wildman–Crippen MR) is 125 cm³/mol. The number of aryl methyl sites for hydroxylation is 2. The highest BCUT2D eigenvalue weighted by Gasteiger charge is 2.29. The zero-order valence-electron chi connectivity index (χ0n) is 19.5. The third-order valence-corrected chi connectivity index (χ3v) is 5.68. The number of carbonyl (C=O) groups is 2. The number of rotatable bonds is 11. The van der Waals surface area contributed by atoms with Gasteiger partial charge in [-0.05, 0) is 61.9 Å². The molecule has 5 heteroatoms. The van der Waals surface area contributed by atoms with Gasteiger partial charge in [0.1, 0.15) is 11.8 Å². The van der Waals surface area contributed by atoms with Crippen LogP contribution in [0.25, 0.3) is 0 Å². The zero-order valence-corrected chi connectivity index (χ0v) is 19.5. The molecular formula is C26H36N2O3. The summed E-state index contributed by atoms with van der Waals surface area (Å²) in [4.78, 5) is 27.9. The second kappa shape index (κ2) is 12.1. The van der Waals surface area contributed by atoms with Gasteiger partial charge in [-0.2, -0.15) is 0 Å². The molecule has 0 saturated carbocycles. The van der Waals surface area contributed by atoms with Gasteiger partial charge < -0.3 is 15.0 Å². The van der Waals surface area contributed by atoms with Crippen molar-refractivity contribution in [3.63, 3.8) is 0 Å². The molecule has 0 saturated heterocycles. The molecule has 2 aromatic carbocycles. The highest BCUT2D eigenvalue weighted by molar-refractivity contribution is 5.88. The van der Waals surface area contributed by atoms with E-state index < -0.39 is 6.04 Å². The van der Waals surface area contributed by atoms with E-state index in [-0.39, 0.29) is 24.5 Å². The number of ether oxygens (including phenoxy) is 1. The van der Waals surface area contributed by atoms with Gasteiger partial charge in [0.25, 0.3) is 5.91 Å². The van der Waals surface area contributed by atoms with E-state index in [0.29, 0.717) is 18.7 Å². The van der Waals surface area contributed by atoms with Gasteiger partial charge in [0.2, 0.25) is 5.91 Å². The van der Waals surface area contributed by atoms with Gasteiger partial charge in [-0.3, -0.25) is 9.59 Å². The SMILES string of the molecule is CCc1ccc(OCC(=O)N(Cc2ccccc2C)[C@@H](CC)C(=O)N[C@@H](C)CC)cc1. The third kappa shape index (κ3) is 7.12. The Morgan fingerprint density at radius 3 is 2.26 bits per heavy atom. The molecular weight excluding hydrogens is 388 g/mol. The molecule has 5 nitrogen and oxygen atoms in total. The molecule has 0 fully saturated rings. The Kier molecular flexibility index (Phi) is 9.57. The van der Waals surface area contributed by atoms with E-state index in [0.717, 1.165) is 24.0 Å². The number of nitrogens with zero attached hydrogens (tertiary/aromatic N) is 1. The van der Waals surface area contributed by atoms with Crippen molar-refractivity contribution in [2.24, 2.45) is 0 Å². The lowest BCUT2D eigenvalue weighted by atomic mass is 10.1. The van der Waals surface area contributed by atoms with Crippen molar-refractivity contribution in [1.29, 1.82) is 0 Å². The molecule has 2 amide bonds. The Bertz CT molecular complexity index is 848. The predicted octanol–water partition coefficient (Wildman–Crippen LogP) is 4.66. The van der Waals surface area contributed by atoms with Crippen molar-refractivity contribution < 1.29 is 14.3 Å². The summed E-state index contributed by atoms with van der Waals surface area (Å²) in [5.41, 5.74) is 3.33. The van der Waals surface area contributed by atoms with Gasteiger partial charge in [-0.1, -0.05) is 57.2 Å². The highest BCUT2D eigenvalue weighted by Crippen LogP contribution is 2.17. The van der Waals surface area contributed by atoms with E-state index in [2.05, 4.69) is 12.2 Å². The first kappa shape index (κ1) is 24.4. The topological polar surface area (TPSA) is 58.6 Å². The largest absolute Gasteiger partial charge is 0.484 e. The van der Waals surface area contributed by atoms with Gasteiger partial charge in [0.15, 0.2) is 6.61 Å². The number of benzene rings is 2. The van der Waals surface area contributed by atoms with Crippen LogP contribution >= 0.6 is 0 Å². The van der Waals surface area contributed by atoms with Crippen molar-refractivity contribution in [2.45, 2.75) is 72.5 Å². The van der Waals surface area contributed by atoms with Crippen LogP contribution in [0, 0.1) is 6.92 Å². The molecule has 0 heterocycles. The maximum atomic E-state index is 13.2. The van der Waals surface area contributed by atoms with Crippen LogP contribution in [0.4, 0.5) is 0 Å². The molecule has 2 rings (SSSR count). The fraction of sp³-hybridized carbons (Fsp3) is 0.462. The maximum absolute atomic E-state index is 13.2. The first-order valence-electron chi connectivity index (χ1n) is 11.3. The first-order valence-corrected chi connectivity index (χ1v) is 11.3. The smallest absolute Gasteiger partial charge is 0.261 e. The second-order valence-corrected chi connectivity index (χ2v) is 7.98. The van der Waals surface area contributed by atoms with Crippen LogP contribution < -0.4 is 10.1 Å². The van der Waals surface area contributed by atoms with Gasteiger partial charge >= 0.3 is 0 Å². The van der Waals surface area contributed by atoms with E-state index in [1.807, 2.05) is 76.2 Å². The molecule has 0 aromatic heterocycles. The molecule has 2 atom stereocenters. The lowest BCUT2D eigenvalue weighted by molar-refractivity contribution is -0.143. The van der Waals surface area contributed by atoms with E-state index in [4.69, 9.17) is 4.74 Å². The van der Waals surface area contributed by atoms with E-state index >= 15 is 0 Å². The van der Waals surface area contributed by atoms with Gasteiger partial charge in [-0.15, -0.1) is 0 Å². The molecule has 0 spiro atoms. The maximum Gasteiger partial charge on any atom is 0.261 e. The molecule has 0 unspecified atom stereocenters. The molecule has 0 aliphatic carbocycles. The number of hydrogen-bond acceptors (Lipinski definition) is 3. The number of carbonyl (C=O) groups excluding carboxylic acids is 2. The Balaban J connectivity index is 2.20. The van der Waals surface area contributed by atoms with Crippen molar-refractivity contribution in [2.75, 3.05) is 6.61 Å². The fourth-order valence-corrected chi connectivity index (χ4v) is 3.38. The van der Waals surface area contributed by atoms with Crippen LogP contribution in [0.15, 0.2) is 48.5 Å². The van der Waals surface area contributed by atoms with Gasteiger partial charge in [0.05, 0.1) is 0 Å². The molecule has 31 heavy (non-hydrogen) atoms. The van der Waals surface area contributed by atoms with Gasteiger partial charge in [0, 0.05) is 12.6 Å². The molecule has 0 aliphatic heterocycles. The average molecular weight is 425 g/mol. The standard InChI is InChI=1S/C26H36N2O3/c1-6-20(5)27-26(30)24(8-3)28(17-22-12-10-9-11-19(22)4)25(29)18-31-23-15-13-21(7-2)14-16-23/h9-16,20,24H,6-8,17-18H2,1-5H3,(H,27,30)/t20-,24-/m0/s1. The summed E-state index contributed by atoms with van der Waals surface area (Å²) in [6.07, 6.45) is 2.32. The monoisotopic (exact) mass is 424 g/mol. The highest BCUT2D eigenvalue weighted by atomic mass is 16.5. The van der Waals surface area contributed by atoms with Crippen molar-refractivity contribution in [3.05, 3.63) is 65.2 Å². The number of hydrogen-bond donors (Lipinski definition) is 1. The minimum Gasteiger partial charge on any atom is -0.484 e. The lowest BCUT2D eigenvalue weighted by Crippen LogP contribution is -2.51. The normalized spacial score (nSPS) is 12.7. The van der Waals surface area contributed by atoms with Crippen molar-refractivity contribution >= 4 is 11.8 Å². The molecule has 2 aromatic rings. The fourth-order valence-electron chi connectivity index (χ4n) is 3.38. The molecule has 1 N–H and O–H groups in total. The van der Waals surface area contributed by atoms with E-state index in [1.54, 1.807) is 4.90 Å². The van der Waals surface area contributed by atoms with Crippen molar-refractivity contribution in [1.82, 2.24) is 10.2 Å². The van der Waals surface area contributed by atoms with E-state index in [9.17, 15) is 9.59 Å². The van der Waals surface area contributed by atoms with Crippen LogP contribution in [-0.2, 0) is 22.6 Å². The number of amides is 2. The molecule has 168 valence electrons. The zero-order chi connectivity index (χ0) is 22.8. The van der Waals surface area contributed by atoms with Crippen LogP contribution in [0.2, 0.25) is 0 Å². The van der Waals surface area contributed by atoms with Crippen LogP contribution in [0.5, 0.6) is 5.75 Å². The molecule has 0 bridgehead atoms. The molecule has 0 radical (unpaired) electrons. The summed E-state index contributed by atoms with van der Waals surface area (Å²) < 4.78 is 5.77. The average Bonchev–Trinajstić information content (AvgIpc) is 2.78. The summed E-state index contributed by atoms with van der Waals surface area (Å²) in [6.45, 7) is 10.3. The summed E-state index contributed by atoms with van der Waals surface area (Å²) >= 11 is 0. The Labute approximate surface area is 186 Å². The summed E-state index contributed by atoms with van der Waals surface area (Å²) in [6, 6.07) is 15.2. The van der Waals surface area contributed by atoms with Crippen molar-refractivity contribution in [3.8, 4) is 5.75 Å². The minimum atomic E-state index is -0.549. The van der Waals surface area contributed by atoms with Crippen LogP contribution in [-0.4, -0.2) is 35.4 Å². The van der Waals surface area contributed by atoms with Crippen LogP contribution in [0.1, 0.15) is 57.2 Å². The summed E-state index contributed by atoms with van der Waals surface area (Å²) in [5, 5.41) is 3.03. The van der Waals surface area contributed by atoms with E-state index in [1.165, 1.54) is 5.56 Å². The lowest BCUT2D eigenvalue weighted by Gasteiger charge is -2.31. The third-order valence-electron chi connectivity index (χ3n) is 5.68. The summed E-state index contributed by atoms with van der Waals surface area (Å²) in [7, 11) is 0. The first-order chi connectivity index (χ1) is 14.9. The Morgan fingerprint density at radius 1 is 1.00 bits per heavy atom.